The minimum Gasteiger partial charge on any atom is -0.477 e. The number of hydrogen-bond donors (Lipinski definition) is 1. The van der Waals surface area contributed by atoms with Gasteiger partial charge in [0.05, 0.1) is 37.6 Å². The molecule has 1 atom stereocenters. The predicted molar refractivity (Wildman–Crippen MR) is 108 cm³/mol. The van der Waals surface area contributed by atoms with Crippen LogP contribution in [0.4, 0.5) is 10.7 Å². The Morgan fingerprint density at radius 1 is 1.24 bits per heavy atom. The van der Waals surface area contributed by atoms with Gasteiger partial charge in [0.25, 0.3) is 5.91 Å². The number of ether oxygens (including phenoxy) is 2. The van der Waals surface area contributed by atoms with Crippen LogP contribution >= 0.6 is 11.3 Å². The Hall–Kier alpha value is -3.09. The molecule has 2 aromatic rings. The molecule has 150 valence electrons. The normalized spacial score (nSPS) is 18.4. The largest absolute Gasteiger partial charge is 0.477 e. The molecule has 1 aromatic heterocycles. The molecule has 8 nitrogen and oxygen atoms in total. The molecule has 2 aliphatic heterocycles. The van der Waals surface area contributed by atoms with Gasteiger partial charge in [-0.25, -0.2) is 0 Å². The first-order chi connectivity index (χ1) is 14.2. The number of nitrogens with zero attached hydrogens (tertiary/aromatic N) is 3. The third-order valence-electron chi connectivity index (χ3n) is 4.83. The fraction of sp³-hybridized carbons (Fsp3) is 0.350. The Kier molecular flexibility index (Phi) is 5.64. The third-order valence-corrected chi connectivity index (χ3v) is 5.66. The topological polar surface area (TPSA) is 94.9 Å². The van der Waals surface area contributed by atoms with Crippen LogP contribution in [0.15, 0.2) is 35.7 Å². The van der Waals surface area contributed by atoms with Gasteiger partial charge in [-0.05, 0) is 23.6 Å². The summed E-state index contributed by atoms with van der Waals surface area (Å²) in [6, 6.07) is 11.1. The zero-order valence-corrected chi connectivity index (χ0v) is 16.5. The van der Waals surface area contributed by atoms with Gasteiger partial charge in [0.2, 0.25) is 5.91 Å². The molecule has 1 unspecified atom stereocenters. The van der Waals surface area contributed by atoms with Crippen LogP contribution in [0, 0.1) is 11.3 Å². The Morgan fingerprint density at radius 3 is 2.83 bits per heavy atom. The zero-order chi connectivity index (χ0) is 20.2. The Balaban J connectivity index is 1.49. The average Bonchev–Trinajstić information content (AvgIpc) is 3.20. The number of rotatable bonds is 4. The van der Waals surface area contributed by atoms with E-state index in [9.17, 15) is 9.59 Å². The number of carbonyl (C=O) groups is 2. The number of anilines is 2. The molecule has 1 N–H and O–H groups in total. The minimum atomic E-state index is -0.688. The summed E-state index contributed by atoms with van der Waals surface area (Å²) in [5.74, 6) is 0.225. The maximum atomic E-state index is 12.9. The number of nitriles is 1. The van der Waals surface area contributed by atoms with E-state index in [1.165, 1.54) is 11.3 Å². The molecule has 1 saturated heterocycles. The predicted octanol–water partition coefficient (Wildman–Crippen LogP) is 1.68. The summed E-state index contributed by atoms with van der Waals surface area (Å²) in [5, 5.41) is 14.2. The first kappa shape index (κ1) is 19.2. The number of carbonyl (C=O) groups excluding carboxylic acids is 2. The van der Waals surface area contributed by atoms with E-state index in [4.69, 9.17) is 14.7 Å². The molecule has 9 heteroatoms. The van der Waals surface area contributed by atoms with Crippen molar-refractivity contribution in [2.24, 2.45) is 0 Å². The lowest BCUT2D eigenvalue weighted by molar-refractivity contribution is -0.142. The van der Waals surface area contributed by atoms with E-state index in [1.807, 2.05) is 23.1 Å². The number of fused-ring (bicyclic) bond motifs is 1. The van der Waals surface area contributed by atoms with Crippen LogP contribution in [0.3, 0.4) is 0 Å². The van der Waals surface area contributed by atoms with Crippen LogP contribution < -0.4 is 15.0 Å². The number of para-hydroxylation sites is 2. The Labute approximate surface area is 172 Å². The standard InChI is InChI=1S/C20H20N4O4S/c21-11-14-5-10-29-19(14)22-18(25)13-24-12-17(20(26)23-6-8-27-9-7-23)28-16-4-2-1-3-15(16)24/h1-5,10,17H,6-9,12-13H2,(H,22,25). The van der Waals surface area contributed by atoms with Gasteiger partial charge < -0.3 is 24.6 Å². The summed E-state index contributed by atoms with van der Waals surface area (Å²) in [7, 11) is 0. The number of amides is 2. The molecule has 2 aliphatic rings. The van der Waals surface area contributed by atoms with Crippen LogP contribution in [0.1, 0.15) is 5.56 Å². The van der Waals surface area contributed by atoms with E-state index in [2.05, 4.69) is 11.4 Å². The third kappa shape index (κ3) is 4.18. The molecule has 2 amide bonds. The molecule has 1 fully saturated rings. The van der Waals surface area contributed by atoms with Gasteiger partial charge in [-0.15, -0.1) is 11.3 Å². The zero-order valence-electron chi connectivity index (χ0n) is 15.7. The summed E-state index contributed by atoms with van der Waals surface area (Å²) < 4.78 is 11.3. The van der Waals surface area contributed by atoms with Gasteiger partial charge in [-0.1, -0.05) is 12.1 Å². The maximum absolute atomic E-state index is 12.9. The summed E-state index contributed by atoms with van der Waals surface area (Å²) in [5.41, 5.74) is 1.20. The Bertz CT molecular complexity index is 948. The van der Waals surface area contributed by atoms with Crippen molar-refractivity contribution in [2.75, 3.05) is 49.6 Å². The van der Waals surface area contributed by atoms with E-state index >= 15 is 0 Å². The molecule has 0 radical (unpaired) electrons. The van der Waals surface area contributed by atoms with Gasteiger partial charge in [0.15, 0.2) is 6.10 Å². The monoisotopic (exact) mass is 412 g/mol. The van der Waals surface area contributed by atoms with E-state index in [0.717, 1.165) is 5.69 Å². The smallest absolute Gasteiger partial charge is 0.265 e. The first-order valence-electron chi connectivity index (χ1n) is 9.30. The van der Waals surface area contributed by atoms with Crippen molar-refractivity contribution in [3.05, 3.63) is 41.3 Å². The van der Waals surface area contributed by atoms with E-state index in [-0.39, 0.29) is 24.9 Å². The highest BCUT2D eigenvalue weighted by Gasteiger charge is 2.34. The van der Waals surface area contributed by atoms with Gasteiger partial charge >= 0.3 is 0 Å². The van der Waals surface area contributed by atoms with E-state index in [1.54, 1.807) is 22.4 Å². The quantitative estimate of drug-likeness (QED) is 0.821. The highest BCUT2D eigenvalue weighted by molar-refractivity contribution is 7.14. The number of morpholine rings is 1. The van der Waals surface area contributed by atoms with E-state index < -0.39 is 6.10 Å². The second-order valence-electron chi connectivity index (χ2n) is 6.72. The lowest BCUT2D eigenvalue weighted by Crippen LogP contribution is -2.53. The van der Waals surface area contributed by atoms with Crippen molar-refractivity contribution in [2.45, 2.75) is 6.10 Å². The first-order valence-corrected chi connectivity index (χ1v) is 10.2. The minimum absolute atomic E-state index is 0.0516. The van der Waals surface area contributed by atoms with Crippen LogP contribution in [0.25, 0.3) is 0 Å². The molecule has 0 bridgehead atoms. The molecule has 0 spiro atoms. The number of nitrogens with one attached hydrogen (secondary N) is 1. The summed E-state index contributed by atoms with van der Waals surface area (Å²) in [6.45, 7) is 2.44. The fourth-order valence-electron chi connectivity index (χ4n) is 3.41. The maximum Gasteiger partial charge on any atom is 0.265 e. The van der Waals surface area contributed by atoms with E-state index in [0.29, 0.717) is 42.6 Å². The van der Waals surface area contributed by atoms with Crippen LogP contribution in [-0.2, 0) is 14.3 Å². The van der Waals surface area contributed by atoms with Gasteiger partial charge in [0, 0.05) is 13.1 Å². The Morgan fingerprint density at radius 2 is 2.03 bits per heavy atom. The highest BCUT2D eigenvalue weighted by atomic mass is 32.1. The summed E-state index contributed by atoms with van der Waals surface area (Å²) in [4.78, 5) is 29.1. The highest BCUT2D eigenvalue weighted by Crippen LogP contribution is 2.33. The molecule has 1 aromatic carbocycles. The van der Waals surface area contributed by atoms with Crippen molar-refractivity contribution < 1.29 is 19.1 Å². The molecule has 0 saturated carbocycles. The molecule has 0 aliphatic carbocycles. The van der Waals surface area contributed by atoms with Crippen molar-refractivity contribution in [3.63, 3.8) is 0 Å². The van der Waals surface area contributed by atoms with Gasteiger partial charge in [0.1, 0.15) is 16.8 Å². The second kappa shape index (κ2) is 8.51. The molecule has 29 heavy (non-hydrogen) atoms. The van der Waals surface area contributed by atoms with Gasteiger partial charge in [-0.3, -0.25) is 9.59 Å². The van der Waals surface area contributed by atoms with Crippen molar-refractivity contribution in [1.82, 2.24) is 4.90 Å². The molecule has 3 heterocycles. The van der Waals surface area contributed by atoms with Crippen molar-refractivity contribution >= 4 is 33.8 Å². The summed E-state index contributed by atoms with van der Waals surface area (Å²) >= 11 is 1.30. The molecule has 4 rings (SSSR count). The lowest BCUT2D eigenvalue weighted by atomic mass is 10.1. The lowest BCUT2D eigenvalue weighted by Gasteiger charge is -2.38. The second-order valence-corrected chi connectivity index (χ2v) is 7.63. The molecular formula is C20H20N4O4S. The van der Waals surface area contributed by atoms with Crippen LogP contribution in [0.2, 0.25) is 0 Å². The fourth-order valence-corrected chi connectivity index (χ4v) is 4.16. The van der Waals surface area contributed by atoms with Crippen molar-refractivity contribution in [1.29, 1.82) is 5.26 Å². The van der Waals surface area contributed by atoms with Crippen molar-refractivity contribution in [3.8, 4) is 11.8 Å². The SMILES string of the molecule is N#Cc1ccsc1NC(=O)CN1CC(C(=O)N2CCOCC2)Oc2ccccc21. The van der Waals surface area contributed by atoms with Gasteiger partial charge in [-0.2, -0.15) is 5.26 Å². The van der Waals surface area contributed by atoms with Crippen LogP contribution in [-0.4, -0.2) is 62.2 Å². The number of hydrogen-bond acceptors (Lipinski definition) is 7. The average molecular weight is 412 g/mol. The number of benzene rings is 1. The molecular weight excluding hydrogens is 392 g/mol. The van der Waals surface area contributed by atoms with Crippen LogP contribution in [0.5, 0.6) is 5.75 Å². The number of thiophene rings is 1. The summed E-state index contributed by atoms with van der Waals surface area (Å²) in [6.07, 6.45) is -0.688.